The standard InChI is InChI=1S/C35H49FN4O2/c1-3-40(26(2)37-22-27-11-6-4-7-12-27)32-17-19-38(20-18-32)23-30-24-39(25-33(30)29-15-10-16-31(36)21-29)34(35(41)42)28-13-8-5-9-14-28/h4,6-7,10-12,15-16,21,28,30,32-34,37H,2-3,5,8-9,13-14,17-20,22-25H2,1H3,(H,41,42). The molecule has 3 atom stereocenters. The predicted molar refractivity (Wildman–Crippen MR) is 166 cm³/mol. The van der Waals surface area contributed by atoms with Crippen LogP contribution in [0.15, 0.2) is 67.0 Å². The molecule has 2 aliphatic heterocycles. The minimum absolute atomic E-state index is 0.137. The van der Waals surface area contributed by atoms with Crippen molar-refractivity contribution in [3.05, 3.63) is 83.9 Å². The lowest BCUT2D eigenvalue weighted by molar-refractivity contribution is -0.145. The average molecular weight is 577 g/mol. The van der Waals surface area contributed by atoms with Gasteiger partial charge in [-0.3, -0.25) is 9.69 Å². The summed E-state index contributed by atoms with van der Waals surface area (Å²) in [7, 11) is 0. The van der Waals surface area contributed by atoms with Gasteiger partial charge in [0.15, 0.2) is 0 Å². The maximum absolute atomic E-state index is 14.3. The summed E-state index contributed by atoms with van der Waals surface area (Å²) in [6.45, 7) is 12.6. The quantitative estimate of drug-likeness (QED) is 0.327. The minimum Gasteiger partial charge on any atom is -0.480 e. The topological polar surface area (TPSA) is 59.0 Å². The molecule has 0 amide bonds. The summed E-state index contributed by atoms with van der Waals surface area (Å²) in [4.78, 5) is 19.8. The van der Waals surface area contributed by atoms with Gasteiger partial charge in [-0.25, -0.2) is 4.39 Å². The van der Waals surface area contributed by atoms with Gasteiger partial charge >= 0.3 is 5.97 Å². The lowest BCUT2D eigenvalue weighted by Gasteiger charge is -2.41. The lowest BCUT2D eigenvalue weighted by Crippen LogP contribution is -2.48. The van der Waals surface area contributed by atoms with Crippen LogP contribution in [0.1, 0.15) is 68.9 Å². The summed E-state index contributed by atoms with van der Waals surface area (Å²) < 4.78 is 14.3. The molecule has 7 heteroatoms. The van der Waals surface area contributed by atoms with Gasteiger partial charge in [-0.2, -0.15) is 0 Å². The van der Waals surface area contributed by atoms with E-state index in [0.717, 1.165) is 89.2 Å². The van der Waals surface area contributed by atoms with Crippen LogP contribution < -0.4 is 5.32 Å². The molecule has 3 aliphatic rings. The molecule has 2 aromatic rings. The van der Waals surface area contributed by atoms with E-state index in [-0.39, 0.29) is 23.6 Å². The van der Waals surface area contributed by atoms with Crippen molar-refractivity contribution in [1.29, 1.82) is 0 Å². The Kier molecular flexibility index (Phi) is 10.6. The maximum Gasteiger partial charge on any atom is 0.321 e. The van der Waals surface area contributed by atoms with E-state index in [4.69, 9.17) is 0 Å². The Morgan fingerprint density at radius 3 is 2.45 bits per heavy atom. The minimum atomic E-state index is -0.692. The molecule has 0 radical (unpaired) electrons. The van der Waals surface area contributed by atoms with Crippen LogP contribution >= 0.6 is 0 Å². The highest BCUT2D eigenvalue weighted by molar-refractivity contribution is 5.74. The maximum atomic E-state index is 14.3. The highest BCUT2D eigenvalue weighted by atomic mass is 19.1. The molecule has 2 aromatic carbocycles. The molecule has 0 bridgehead atoms. The van der Waals surface area contributed by atoms with Crippen LogP contribution in [0.25, 0.3) is 0 Å². The molecule has 228 valence electrons. The second-order valence-electron chi connectivity index (χ2n) is 12.7. The first-order chi connectivity index (χ1) is 20.4. The monoisotopic (exact) mass is 576 g/mol. The number of likely N-dealkylation sites (tertiary alicyclic amines) is 2. The number of piperidine rings is 1. The SMILES string of the molecule is C=C(NCc1ccccc1)N(CC)C1CCN(CC2CN(C(C(=O)O)C3CCCCC3)CC2c2cccc(F)c2)CC1. The van der Waals surface area contributed by atoms with Crippen molar-refractivity contribution in [2.24, 2.45) is 11.8 Å². The summed E-state index contributed by atoms with van der Waals surface area (Å²) in [5, 5.41) is 13.8. The summed E-state index contributed by atoms with van der Waals surface area (Å²) in [6, 6.07) is 17.4. The van der Waals surface area contributed by atoms with Crippen LogP contribution in [0, 0.1) is 17.7 Å². The van der Waals surface area contributed by atoms with Crippen LogP contribution in [0.2, 0.25) is 0 Å². The van der Waals surface area contributed by atoms with E-state index < -0.39 is 12.0 Å². The Hall–Kier alpha value is -2.90. The molecule has 0 aromatic heterocycles. The summed E-state index contributed by atoms with van der Waals surface area (Å²) in [6.07, 6.45) is 7.58. The van der Waals surface area contributed by atoms with Gasteiger partial charge in [0.25, 0.3) is 0 Å². The zero-order valence-corrected chi connectivity index (χ0v) is 25.3. The van der Waals surface area contributed by atoms with Gasteiger partial charge in [0.1, 0.15) is 11.9 Å². The third-order valence-corrected chi connectivity index (χ3v) is 10.0. The van der Waals surface area contributed by atoms with Crippen molar-refractivity contribution in [1.82, 2.24) is 20.0 Å². The molecular formula is C35H49FN4O2. The van der Waals surface area contributed by atoms with Crippen LogP contribution in [-0.2, 0) is 11.3 Å². The molecule has 2 heterocycles. The largest absolute Gasteiger partial charge is 0.480 e. The normalized spacial score (nSPS) is 23.5. The number of carboxylic acid groups (broad SMARTS) is 1. The van der Waals surface area contributed by atoms with Gasteiger partial charge in [-0.15, -0.1) is 0 Å². The number of benzene rings is 2. The fourth-order valence-electron chi connectivity index (χ4n) is 7.85. The van der Waals surface area contributed by atoms with Crippen LogP contribution in [0.5, 0.6) is 0 Å². The number of carbonyl (C=O) groups is 1. The number of hydrogen-bond acceptors (Lipinski definition) is 5. The van der Waals surface area contributed by atoms with Crippen molar-refractivity contribution in [3.63, 3.8) is 0 Å². The molecule has 2 saturated heterocycles. The number of rotatable bonds is 12. The number of nitrogens with one attached hydrogen (secondary N) is 1. The van der Waals surface area contributed by atoms with E-state index in [1.807, 2.05) is 12.1 Å². The van der Waals surface area contributed by atoms with Gasteiger partial charge < -0.3 is 20.2 Å². The van der Waals surface area contributed by atoms with E-state index in [1.54, 1.807) is 12.1 Å². The lowest BCUT2D eigenvalue weighted by atomic mass is 9.83. The first-order valence-corrected chi connectivity index (χ1v) is 16.1. The van der Waals surface area contributed by atoms with Crippen molar-refractivity contribution in [2.75, 3.05) is 39.3 Å². The molecule has 42 heavy (non-hydrogen) atoms. The molecule has 1 saturated carbocycles. The van der Waals surface area contributed by atoms with Crippen molar-refractivity contribution in [2.45, 2.75) is 76.4 Å². The number of hydrogen-bond donors (Lipinski definition) is 2. The Morgan fingerprint density at radius 1 is 1.05 bits per heavy atom. The summed E-state index contributed by atoms with van der Waals surface area (Å²) >= 11 is 0. The predicted octanol–water partition coefficient (Wildman–Crippen LogP) is 5.92. The van der Waals surface area contributed by atoms with E-state index in [2.05, 4.69) is 57.8 Å². The van der Waals surface area contributed by atoms with E-state index >= 15 is 0 Å². The smallest absolute Gasteiger partial charge is 0.321 e. The highest BCUT2D eigenvalue weighted by Gasteiger charge is 2.43. The first-order valence-electron chi connectivity index (χ1n) is 16.1. The molecule has 6 nitrogen and oxygen atoms in total. The second kappa shape index (κ2) is 14.5. The first kappa shape index (κ1) is 30.6. The third-order valence-electron chi connectivity index (χ3n) is 10.0. The number of aliphatic carboxylic acids is 1. The fourth-order valence-corrected chi connectivity index (χ4v) is 7.85. The highest BCUT2D eigenvalue weighted by Crippen LogP contribution is 2.39. The van der Waals surface area contributed by atoms with Crippen LogP contribution in [0.3, 0.4) is 0 Å². The molecule has 0 spiro atoms. The van der Waals surface area contributed by atoms with E-state index in [0.29, 0.717) is 12.6 Å². The second-order valence-corrected chi connectivity index (χ2v) is 12.7. The molecule has 5 rings (SSSR count). The number of nitrogens with zero attached hydrogens (tertiary/aromatic N) is 3. The van der Waals surface area contributed by atoms with Crippen molar-refractivity contribution < 1.29 is 14.3 Å². The van der Waals surface area contributed by atoms with Crippen LogP contribution in [-0.4, -0.2) is 77.1 Å². The summed E-state index contributed by atoms with van der Waals surface area (Å²) in [5.41, 5.74) is 2.25. The molecule has 2 N–H and O–H groups in total. The molecule has 3 unspecified atom stereocenters. The zero-order valence-electron chi connectivity index (χ0n) is 25.3. The van der Waals surface area contributed by atoms with Crippen LogP contribution in [0.4, 0.5) is 4.39 Å². The molecule has 1 aliphatic carbocycles. The average Bonchev–Trinajstić information content (AvgIpc) is 3.41. The van der Waals surface area contributed by atoms with Gasteiger partial charge in [-0.1, -0.05) is 68.3 Å². The summed E-state index contributed by atoms with van der Waals surface area (Å²) in [5.74, 6) is 0.703. The zero-order chi connectivity index (χ0) is 29.5. The third kappa shape index (κ3) is 7.54. The van der Waals surface area contributed by atoms with Gasteiger partial charge in [0.2, 0.25) is 0 Å². The van der Waals surface area contributed by atoms with Gasteiger partial charge in [0.05, 0.1) is 5.82 Å². The Labute approximate surface area is 251 Å². The Morgan fingerprint density at radius 2 is 1.79 bits per heavy atom. The van der Waals surface area contributed by atoms with Gasteiger partial charge in [-0.05, 0) is 67.7 Å². The number of halogens is 1. The molecular weight excluding hydrogens is 527 g/mol. The van der Waals surface area contributed by atoms with E-state index in [1.165, 1.54) is 18.1 Å². The number of carboxylic acids is 1. The van der Waals surface area contributed by atoms with Crippen molar-refractivity contribution in [3.8, 4) is 0 Å². The molecule has 3 fully saturated rings. The Bertz CT molecular complexity index is 1160. The van der Waals surface area contributed by atoms with Gasteiger partial charge in [0, 0.05) is 57.8 Å². The Balaban J connectivity index is 1.21. The van der Waals surface area contributed by atoms with Crippen molar-refractivity contribution >= 4 is 5.97 Å². The fraction of sp³-hybridized carbons (Fsp3) is 0.571. The van der Waals surface area contributed by atoms with E-state index in [9.17, 15) is 14.3 Å².